The first-order valence-corrected chi connectivity index (χ1v) is 6.97. The van der Waals surface area contributed by atoms with Crippen molar-refractivity contribution < 1.29 is 14.3 Å². The Morgan fingerprint density at radius 3 is 2.57 bits per heavy atom. The number of hydrogen-bond donors (Lipinski definition) is 0. The lowest BCUT2D eigenvalue weighted by molar-refractivity contribution is -0.135. The number of rotatable bonds is 4. The minimum atomic E-state index is -0.575. The lowest BCUT2D eigenvalue weighted by Gasteiger charge is -2.09. The van der Waals surface area contributed by atoms with Gasteiger partial charge in [-0.3, -0.25) is 9.36 Å². The minimum Gasteiger partial charge on any atom is -0.493 e. The van der Waals surface area contributed by atoms with Crippen molar-refractivity contribution in [1.82, 2.24) is 9.55 Å². The second-order valence-corrected chi connectivity index (χ2v) is 4.82. The molecule has 116 valence electrons. The summed E-state index contributed by atoms with van der Waals surface area (Å²) in [6.45, 7) is -0.227. The van der Waals surface area contributed by atoms with Gasteiger partial charge in [-0.25, -0.2) is 9.78 Å². The van der Waals surface area contributed by atoms with Gasteiger partial charge in [0.1, 0.15) is 6.54 Å². The molecule has 0 aliphatic heterocycles. The van der Waals surface area contributed by atoms with E-state index in [-0.39, 0.29) is 12.1 Å². The molecule has 0 N–H and O–H groups in total. The Hall–Kier alpha value is -3.15. The highest BCUT2D eigenvalue weighted by Gasteiger charge is 2.12. The summed E-state index contributed by atoms with van der Waals surface area (Å²) in [5.41, 5.74) is 0.305. The second kappa shape index (κ2) is 6.31. The Labute approximate surface area is 131 Å². The predicted octanol–water partition coefficient (Wildman–Crippen LogP) is 2.01. The molecule has 0 saturated carbocycles. The van der Waals surface area contributed by atoms with Crippen LogP contribution in [0.25, 0.3) is 10.9 Å². The SMILES string of the molecule is COc1ccccc1OC(=O)Cn1cnc2ccccc2c1=O. The molecule has 3 rings (SSSR count). The van der Waals surface area contributed by atoms with E-state index >= 15 is 0 Å². The molecule has 3 aromatic rings. The smallest absolute Gasteiger partial charge is 0.331 e. The third kappa shape index (κ3) is 3.06. The first-order chi connectivity index (χ1) is 11.2. The highest BCUT2D eigenvalue weighted by Crippen LogP contribution is 2.25. The number of nitrogens with zero attached hydrogens (tertiary/aromatic N) is 2. The number of esters is 1. The highest BCUT2D eigenvalue weighted by molar-refractivity contribution is 5.78. The normalized spacial score (nSPS) is 10.5. The number of methoxy groups -OCH3 is 1. The Bertz CT molecular complexity index is 918. The van der Waals surface area contributed by atoms with Crippen molar-refractivity contribution in [3.05, 3.63) is 65.2 Å². The summed E-state index contributed by atoms with van der Waals surface area (Å²) in [5, 5.41) is 0.458. The zero-order valence-corrected chi connectivity index (χ0v) is 12.4. The lowest BCUT2D eigenvalue weighted by Crippen LogP contribution is -2.27. The number of ether oxygens (including phenoxy) is 2. The molecule has 0 radical (unpaired) electrons. The van der Waals surface area contributed by atoms with Gasteiger partial charge in [-0.15, -0.1) is 0 Å². The van der Waals surface area contributed by atoms with Gasteiger partial charge in [0.15, 0.2) is 11.5 Å². The summed E-state index contributed by atoms with van der Waals surface area (Å²) < 4.78 is 11.6. The summed E-state index contributed by atoms with van der Waals surface area (Å²) >= 11 is 0. The number of para-hydroxylation sites is 3. The van der Waals surface area contributed by atoms with E-state index in [9.17, 15) is 9.59 Å². The zero-order valence-electron chi connectivity index (χ0n) is 12.4. The van der Waals surface area contributed by atoms with Crippen LogP contribution in [0, 0.1) is 0 Å². The van der Waals surface area contributed by atoms with Crippen LogP contribution in [-0.2, 0) is 11.3 Å². The average molecular weight is 310 g/mol. The molecule has 1 heterocycles. The van der Waals surface area contributed by atoms with E-state index in [4.69, 9.17) is 9.47 Å². The van der Waals surface area contributed by atoms with Gasteiger partial charge in [0, 0.05) is 0 Å². The van der Waals surface area contributed by atoms with E-state index in [1.807, 2.05) is 0 Å². The molecule has 1 aromatic heterocycles. The van der Waals surface area contributed by atoms with Crippen molar-refractivity contribution in [2.75, 3.05) is 7.11 Å². The van der Waals surface area contributed by atoms with Crippen LogP contribution in [0.5, 0.6) is 11.5 Å². The fourth-order valence-corrected chi connectivity index (χ4v) is 2.22. The maximum absolute atomic E-state index is 12.3. The largest absolute Gasteiger partial charge is 0.493 e. The van der Waals surface area contributed by atoms with E-state index < -0.39 is 5.97 Å². The molecule has 6 heteroatoms. The molecular weight excluding hydrogens is 296 g/mol. The third-order valence-electron chi connectivity index (χ3n) is 3.32. The highest BCUT2D eigenvalue weighted by atomic mass is 16.6. The molecule has 0 amide bonds. The van der Waals surface area contributed by atoms with Crippen LogP contribution in [-0.4, -0.2) is 22.6 Å². The van der Waals surface area contributed by atoms with E-state index in [1.54, 1.807) is 48.5 Å². The Morgan fingerprint density at radius 2 is 1.78 bits per heavy atom. The Balaban J connectivity index is 1.83. The molecule has 0 bridgehead atoms. The third-order valence-corrected chi connectivity index (χ3v) is 3.32. The topological polar surface area (TPSA) is 70.4 Å². The van der Waals surface area contributed by atoms with Gasteiger partial charge >= 0.3 is 5.97 Å². The predicted molar refractivity (Wildman–Crippen MR) is 84.6 cm³/mol. The molecule has 0 unspecified atom stereocenters. The maximum atomic E-state index is 12.3. The van der Waals surface area contributed by atoms with E-state index in [0.29, 0.717) is 22.4 Å². The Kier molecular flexibility index (Phi) is 4.05. The molecule has 0 aliphatic rings. The standard InChI is InChI=1S/C17H14N2O4/c1-22-14-8-4-5-9-15(14)23-16(20)10-19-11-18-13-7-3-2-6-12(13)17(19)21/h2-9,11H,10H2,1H3. The minimum absolute atomic E-state index is 0.227. The van der Waals surface area contributed by atoms with Gasteiger partial charge in [0.2, 0.25) is 0 Å². The van der Waals surface area contributed by atoms with Gasteiger partial charge in [0.05, 0.1) is 24.3 Å². The van der Waals surface area contributed by atoms with Crippen LogP contribution in [0.2, 0.25) is 0 Å². The quantitative estimate of drug-likeness (QED) is 0.544. The summed E-state index contributed by atoms with van der Waals surface area (Å²) in [6, 6.07) is 13.8. The van der Waals surface area contributed by atoms with Gasteiger partial charge in [0.25, 0.3) is 5.56 Å². The fraction of sp³-hybridized carbons (Fsp3) is 0.118. The molecule has 23 heavy (non-hydrogen) atoms. The Morgan fingerprint density at radius 1 is 1.09 bits per heavy atom. The first kappa shape index (κ1) is 14.8. The number of hydrogen-bond acceptors (Lipinski definition) is 5. The molecule has 2 aromatic carbocycles. The van der Waals surface area contributed by atoms with E-state index in [0.717, 1.165) is 0 Å². The van der Waals surface area contributed by atoms with Crippen molar-refractivity contribution >= 4 is 16.9 Å². The summed E-state index contributed by atoms with van der Waals surface area (Å²) in [4.78, 5) is 28.6. The number of aromatic nitrogens is 2. The van der Waals surface area contributed by atoms with Gasteiger partial charge in [-0.05, 0) is 24.3 Å². The van der Waals surface area contributed by atoms with Crippen molar-refractivity contribution in [3.8, 4) is 11.5 Å². The van der Waals surface area contributed by atoms with Crippen molar-refractivity contribution in [2.45, 2.75) is 6.54 Å². The zero-order chi connectivity index (χ0) is 16.2. The van der Waals surface area contributed by atoms with Crippen LogP contribution in [0.1, 0.15) is 0 Å². The molecule has 0 fully saturated rings. The van der Waals surface area contributed by atoms with Crippen molar-refractivity contribution in [2.24, 2.45) is 0 Å². The molecule has 0 spiro atoms. The number of carbonyl (C=O) groups excluding carboxylic acids is 1. The van der Waals surface area contributed by atoms with E-state index in [1.165, 1.54) is 18.0 Å². The van der Waals surface area contributed by atoms with Gasteiger partial charge in [-0.1, -0.05) is 24.3 Å². The fourth-order valence-electron chi connectivity index (χ4n) is 2.22. The first-order valence-electron chi connectivity index (χ1n) is 6.97. The maximum Gasteiger partial charge on any atom is 0.331 e. The summed E-state index contributed by atoms with van der Waals surface area (Å²) in [7, 11) is 1.49. The summed E-state index contributed by atoms with van der Waals surface area (Å²) in [6.07, 6.45) is 1.34. The molecule has 0 atom stereocenters. The molecule has 6 nitrogen and oxygen atoms in total. The van der Waals surface area contributed by atoms with E-state index in [2.05, 4.69) is 4.98 Å². The lowest BCUT2D eigenvalue weighted by atomic mass is 10.2. The van der Waals surface area contributed by atoms with Crippen LogP contribution in [0.15, 0.2) is 59.7 Å². The number of fused-ring (bicyclic) bond motifs is 1. The van der Waals surface area contributed by atoms with Gasteiger partial charge in [-0.2, -0.15) is 0 Å². The monoisotopic (exact) mass is 310 g/mol. The average Bonchev–Trinajstić information content (AvgIpc) is 2.58. The van der Waals surface area contributed by atoms with Crippen LogP contribution < -0.4 is 15.0 Å². The van der Waals surface area contributed by atoms with Crippen molar-refractivity contribution in [3.63, 3.8) is 0 Å². The summed E-state index contributed by atoms with van der Waals surface area (Å²) in [5.74, 6) is 0.181. The second-order valence-electron chi connectivity index (χ2n) is 4.82. The molecular formula is C17H14N2O4. The van der Waals surface area contributed by atoms with Crippen molar-refractivity contribution in [1.29, 1.82) is 0 Å². The number of carbonyl (C=O) groups is 1. The van der Waals surface area contributed by atoms with Crippen LogP contribution in [0.4, 0.5) is 0 Å². The van der Waals surface area contributed by atoms with Crippen LogP contribution in [0.3, 0.4) is 0 Å². The molecule has 0 saturated heterocycles. The molecule has 0 aliphatic carbocycles. The number of benzene rings is 2. The van der Waals surface area contributed by atoms with Crippen LogP contribution >= 0.6 is 0 Å². The van der Waals surface area contributed by atoms with Gasteiger partial charge < -0.3 is 9.47 Å².